The van der Waals surface area contributed by atoms with Gasteiger partial charge >= 0.3 is 0 Å². The van der Waals surface area contributed by atoms with Gasteiger partial charge in [-0.25, -0.2) is 8.42 Å². The number of carbonyl (C=O) groups excluding carboxylic acids is 1. The van der Waals surface area contributed by atoms with Crippen molar-refractivity contribution in [2.75, 3.05) is 55.7 Å². The number of likely N-dealkylation sites (N-methyl/N-ethyl adjacent to an activating group) is 1. The van der Waals surface area contributed by atoms with Gasteiger partial charge in [-0.15, -0.1) is 0 Å². The summed E-state index contributed by atoms with van der Waals surface area (Å²) in [7, 11) is 0.228. The van der Waals surface area contributed by atoms with E-state index in [1.165, 1.54) is 17.0 Å². The van der Waals surface area contributed by atoms with Crippen LogP contribution in [0.4, 0.5) is 11.4 Å². The van der Waals surface area contributed by atoms with Gasteiger partial charge in [0.15, 0.2) is 0 Å². The molecule has 0 aliphatic carbocycles. The lowest BCUT2D eigenvalue weighted by atomic mass is 10.1. The number of nitrogens with zero attached hydrogens (tertiary/aromatic N) is 3. The lowest BCUT2D eigenvalue weighted by Gasteiger charge is -2.34. The van der Waals surface area contributed by atoms with Gasteiger partial charge in [0.25, 0.3) is 5.91 Å². The van der Waals surface area contributed by atoms with Crippen LogP contribution in [0.1, 0.15) is 21.5 Å². The monoisotopic (exact) mass is 430 g/mol. The van der Waals surface area contributed by atoms with Crippen LogP contribution in [0.15, 0.2) is 42.5 Å². The third kappa shape index (κ3) is 5.12. The zero-order chi connectivity index (χ0) is 21.9. The molecule has 1 aliphatic rings. The topological polar surface area (TPSA) is 73.0 Å². The molecule has 8 heteroatoms. The van der Waals surface area contributed by atoms with E-state index in [-0.39, 0.29) is 5.91 Å². The number of hydrogen-bond acceptors (Lipinski definition) is 5. The second-order valence-electron chi connectivity index (χ2n) is 7.82. The van der Waals surface area contributed by atoms with Gasteiger partial charge in [-0.2, -0.15) is 0 Å². The van der Waals surface area contributed by atoms with E-state index < -0.39 is 10.0 Å². The van der Waals surface area contributed by atoms with Crippen LogP contribution in [0.25, 0.3) is 0 Å². The fourth-order valence-corrected chi connectivity index (χ4v) is 4.11. The Morgan fingerprint density at radius 2 is 1.70 bits per heavy atom. The molecule has 0 aromatic heterocycles. The van der Waals surface area contributed by atoms with Gasteiger partial charge in [-0.1, -0.05) is 18.2 Å². The number of carbonyl (C=O) groups is 1. The van der Waals surface area contributed by atoms with E-state index in [9.17, 15) is 13.2 Å². The van der Waals surface area contributed by atoms with Crippen molar-refractivity contribution in [1.82, 2.24) is 10.2 Å². The van der Waals surface area contributed by atoms with Crippen LogP contribution in [-0.4, -0.2) is 65.8 Å². The first kappa shape index (κ1) is 22.1. The van der Waals surface area contributed by atoms with Gasteiger partial charge in [-0.3, -0.25) is 9.10 Å². The summed E-state index contributed by atoms with van der Waals surface area (Å²) in [5, 5.41) is 2.94. The number of nitrogens with one attached hydrogen (secondary N) is 1. The summed E-state index contributed by atoms with van der Waals surface area (Å²) in [4.78, 5) is 17.4. The predicted octanol–water partition coefficient (Wildman–Crippen LogP) is 2.07. The van der Waals surface area contributed by atoms with Crippen LogP contribution in [-0.2, 0) is 16.6 Å². The van der Waals surface area contributed by atoms with Crippen molar-refractivity contribution in [1.29, 1.82) is 0 Å². The molecule has 30 heavy (non-hydrogen) atoms. The zero-order valence-electron chi connectivity index (χ0n) is 18.1. The first-order valence-electron chi connectivity index (χ1n) is 10.0. The van der Waals surface area contributed by atoms with Crippen LogP contribution in [0.3, 0.4) is 0 Å². The fraction of sp³-hybridized carbons (Fsp3) is 0.409. The summed E-state index contributed by atoms with van der Waals surface area (Å²) in [6.07, 6.45) is 1.14. The number of benzene rings is 2. The lowest BCUT2D eigenvalue weighted by Crippen LogP contribution is -2.44. The highest BCUT2D eigenvalue weighted by atomic mass is 32.2. The maximum absolute atomic E-state index is 12.7. The Labute approximate surface area is 179 Å². The van der Waals surface area contributed by atoms with Crippen LogP contribution in [0, 0.1) is 6.92 Å². The number of piperazine rings is 1. The highest BCUT2D eigenvalue weighted by Gasteiger charge is 2.18. The minimum atomic E-state index is -3.40. The Morgan fingerprint density at radius 1 is 1.07 bits per heavy atom. The molecule has 1 N–H and O–H groups in total. The van der Waals surface area contributed by atoms with Crippen molar-refractivity contribution in [3.63, 3.8) is 0 Å². The smallest absolute Gasteiger partial charge is 0.251 e. The second kappa shape index (κ2) is 9.06. The molecule has 0 spiro atoms. The molecule has 7 nitrogen and oxygen atoms in total. The molecule has 0 saturated carbocycles. The predicted molar refractivity (Wildman–Crippen MR) is 122 cm³/mol. The van der Waals surface area contributed by atoms with E-state index in [1.807, 2.05) is 12.1 Å². The molecule has 1 fully saturated rings. The minimum Gasteiger partial charge on any atom is -0.369 e. The molecule has 1 saturated heterocycles. The lowest BCUT2D eigenvalue weighted by molar-refractivity contribution is 0.0950. The van der Waals surface area contributed by atoms with Crippen LogP contribution < -0.4 is 14.5 Å². The Morgan fingerprint density at radius 3 is 2.30 bits per heavy atom. The average Bonchev–Trinajstić information content (AvgIpc) is 2.72. The standard InChI is InChI=1S/C22H30N4O3S/c1-17-20(6-5-7-21(17)25(3)30(4,28)29)22(27)23-16-18-8-10-19(11-9-18)26-14-12-24(2)13-15-26/h5-11H,12-16H2,1-4H3,(H,23,27). The largest absolute Gasteiger partial charge is 0.369 e. The van der Waals surface area contributed by atoms with E-state index in [0.717, 1.165) is 38.0 Å². The van der Waals surface area contributed by atoms with Crippen LogP contribution >= 0.6 is 0 Å². The Hall–Kier alpha value is -2.58. The second-order valence-corrected chi connectivity index (χ2v) is 9.83. The van der Waals surface area contributed by atoms with Crippen molar-refractivity contribution in [3.8, 4) is 0 Å². The summed E-state index contributed by atoms with van der Waals surface area (Å²) >= 11 is 0. The molecule has 3 rings (SSSR count). The molecule has 0 bridgehead atoms. The summed E-state index contributed by atoms with van der Waals surface area (Å²) in [6, 6.07) is 13.4. The summed E-state index contributed by atoms with van der Waals surface area (Å²) < 4.78 is 24.9. The molecule has 2 aromatic carbocycles. The van der Waals surface area contributed by atoms with Gasteiger partial charge in [0, 0.05) is 51.0 Å². The molecular weight excluding hydrogens is 400 g/mol. The molecular formula is C22H30N4O3S. The minimum absolute atomic E-state index is 0.223. The summed E-state index contributed by atoms with van der Waals surface area (Å²) in [5.74, 6) is -0.223. The maximum Gasteiger partial charge on any atom is 0.251 e. The first-order valence-corrected chi connectivity index (χ1v) is 11.9. The number of anilines is 2. The number of amides is 1. The highest BCUT2D eigenvalue weighted by Crippen LogP contribution is 2.24. The summed E-state index contributed by atoms with van der Waals surface area (Å²) in [6.45, 7) is 6.33. The van der Waals surface area contributed by atoms with Gasteiger partial charge < -0.3 is 15.1 Å². The van der Waals surface area contributed by atoms with E-state index in [1.54, 1.807) is 25.1 Å². The normalized spacial score (nSPS) is 15.1. The number of sulfonamides is 1. The zero-order valence-corrected chi connectivity index (χ0v) is 18.9. The quantitative estimate of drug-likeness (QED) is 0.760. The molecule has 2 aromatic rings. The molecule has 1 amide bonds. The van der Waals surface area contributed by atoms with Crippen LogP contribution in [0.5, 0.6) is 0 Å². The molecule has 1 aliphatic heterocycles. The van der Waals surface area contributed by atoms with Crippen molar-refractivity contribution in [2.24, 2.45) is 0 Å². The Kier molecular flexibility index (Phi) is 6.67. The van der Waals surface area contributed by atoms with E-state index in [2.05, 4.69) is 34.3 Å². The van der Waals surface area contributed by atoms with Crippen molar-refractivity contribution < 1.29 is 13.2 Å². The van der Waals surface area contributed by atoms with Crippen molar-refractivity contribution in [2.45, 2.75) is 13.5 Å². The summed E-state index contributed by atoms with van der Waals surface area (Å²) in [5.41, 5.74) is 3.82. The van der Waals surface area contributed by atoms with Crippen molar-refractivity contribution in [3.05, 3.63) is 59.2 Å². The van der Waals surface area contributed by atoms with E-state index in [0.29, 0.717) is 23.4 Å². The van der Waals surface area contributed by atoms with Gasteiger partial charge in [-0.05, 0) is 49.4 Å². The Bertz CT molecular complexity index is 998. The van der Waals surface area contributed by atoms with Gasteiger partial charge in [0.1, 0.15) is 0 Å². The van der Waals surface area contributed by atoms with Gasteiger partial charge in [0.2, 0.25) is 10.0 Å². The van der Waals surface area contributed by atoms with E-state index >= 15 is 0 Å². The third-order valence-electron chi connectivity index (χ3n) is 5.64. The van der Waals surface area contributed by atoms with Crippen molar-refractivity contribution >= 4 is 27.3 Å². The van der Waals surface area contributed by atoms with Gasteiger partial charge in [0.05, 0.1) is 11.9 Å². The SMILES string of the molecule is Cc1c(C(=O)NCc2ccc(N3CCN(C)CC3)cc2)cccc1N(C)S(C)(=O)=O. The Balaban J connectivity index is 1.65. The molecule has 162 valence electrons. The average molecular weight is 431 g/mol. The number of rotatable bonds is 6. The first-order chi connectivity index (χ1) is 14.2. The van der Waals surface area contributed by atoms with E-state index in [4.69, 9.17) is 0 Å². The number of hydrogen-bond donors (Lipinski definition) is 1. The molecule has 1 heterocycles. The van der Waals surface area contributed by atoms with Crippen LogP contribution in [0.2, 0.25) is 0 Å². The third-order valence-corrected chi connectivity index (χ3v) is 6.84. The fourth-order valence-electron chi connectivity index (χ4n) is 3.56. The highest BCUT2D eigenvalue weighted by molar-refractivity contribution is 7.92. The molecule has 0 unspecified atom stereocenters. The maximum atomic E-state index is 12.7. The molecule has 0 radical (unpaired) electrons. The molecule has 0 atom stereocenters.